The smallest absolute Gasteiger partial charge is 0.0144 e. The SMILES string of the molecule is C=C(C)C/C=C\CCc1ccccc1. The van der Waals surface area contributed by atoms with Crippen LogP contribution in [0.4, 0.5) is 0 Å². The summed E-state index contributed by atoms with van der Waals surface area (Å²) in [6.45, 7) is 5.92. The van der Waals surface area contributed by atoms with E-state index in [9.17, 15) is 0 Å². The van der Waals surface area contributed by atoms with Gasteiger partial charge in [0.1, 0.15) is 0 Å². The average Bonchev–Trinajstić information content (AvgIpc) is 2.18. The van der Waals surface area contributed by atoms with Gasteiger partial charge in [-0.05, 0) is 31.7 Å². The number of benzene rings is 1. The number of aryl methyl sites for hydroxylation is 1. The Morgan fingerprint density at radius 3 is 2.57 bits per heavy atom. The molecule has 0 saturated heterocycles. The molecule has 0 bridgehead atoms. The van der Waals surface area contributed by atoms with E-state index in [1.165, 1.54) is 11.1 Å². The van der Waals surface area contributed by atoms with Crippen molar-refractivity contribution < 1.29 is 0 Å². The van der Waals surface area contributed by atoms with Gasteiger partial charge >= 0.3 is 0 Å². The minimum absolute atomic E-state index is 1.01. The Morgan fingerprint density at radius 1 is 1.21 bits per heavy atom. The Kier molecular flexibility index (Phi) is 4.77. The molecule has 1 rings (SSSR count). The highest BCUT2D eigenvalue weighted by molar-refractivity contribution is 5.15. The van der Waals surface area contributed by atoms with Crippen molar-refractivity contribution in [2.75, 3.05) is 0 Å². The molecular formula is C14H18. The summed E-state index contributed by atoms with van der Waals surface area (Å²) in [5.41, 5.74) is 2.63. The van der Waals surface area contributed by atoms with Crippen LogP contribution in [-0.2, 0) is 6.42 Å². The van der Waals surface area contributed by atoms with Crippen LogP contribution in [0.1, 0.15) is 25.3 Å². The maximum absolute atomic E-state index is 3.86. The lowest BCUT2D eigenvalue weighted by molar-refractivity contribution is 0.994. The minimum atomic E-state index is 1.01. The molecular weight excluding hydrogens is 168 g/mol. The van der Waals surface area contributed by atoms with Crippen LogP contribution < -0.4 is 0 Å². The number of rotatable bonds is 5. The summed E-state index contributed by atoms with van der Waals surface area (Å²) in [6, 6.07) is 10.6. The Morgan fingerprint density at radius 2 is 1.93 bits per heavy atom. The Hall–Kier alpha value is -1.30. The third kappa shape index (κ3) is 4.66. The van der Waals surface area contributed by atoms with Gasteiger partial charge in [-0.2, -0.15) is 0 Å². The standard InChI is InChI=1S/C14H18/c1-13(2)9-5-3-6-10-14-11-7-4-8-12-14/h3-5,7-8,11-12H,1,6,9-10H2,2H3/b5-3-. The second-order valence-corrected chi connectivity index (χ2v) is 3.66. The van der Waals surface area contributed by atoms with Crippen LogP contribution in [0.15, 0.2) is 54.6 Å². The summed E-state index contributed by atoms with van der Waals surface area (Å²) >= 11 is 0. The van der Waals surface area contributed by atoms with Crippen molar-refractivity contribution in [3.63, 3.8) is 0 Å². The molecule has 0 amide bonds. The molecule has 0 N–H and O–H groups in total. The van der Waals surface area contributed by atoms with E-state index >= 15 is 0 Å². The molecule has 0 saturated carbocycles. The van der Waals surface area contributed by atoms with Crippen LogP contribution in [0.25, 0.3) is 0 Å². The summed E-state index contributed by atoms with van der Waals surface area (Å²) in [4.78, 5) is 0. The average molecular weight is 186 g/mol. The zero-order valence-corrected chi connectivity index (χ0v) is 8.87. The van der Waals surface area contributed by atoms with Gasteiger partial charge in [-0.3, -0.25) is 0 Å². The maximum atomic E-state index is 3.86. The highest BCUT2D eigenvalue weighted by Crippen LogP contribution is 2.04. The summed E-state index contributed by atoms with van der Waals surface area (Å²) in [6.07, 6.45) is 7.70. The quantitative estimate of drug-likeness (QED) is 0.606. The van der Waals surface area contributed by atoms with Crippen molar-refractivity contribution in [1.29, 1.82) is 0 Å². The molecule has 0 aromatic heterocycles. The van der Waals surface area contributed by atoms with Crippen molar-refractivity contribution in [2.45, 2.75) is 26.2 Å². The lowest BCUT2D eigenvalue weighted by Crippen LogP contribution is -1.81. The zero-order valence-electron chi connectivity index (χ0n) is 8.87. The van der Waals surface area contributed by atoms with Gasteiger partial charge in [-0.25, -0.2) is 0 Å². The van der Waals surface area contributed by atoms with Gasteiger partial charge in [0.15, 0.2) is 0 Å². The van der Waals surface area contributed by atoms with Gasteiger partial charge in [0.2, 0.25) is 0 Å². The first kappa shape index (κ1) is 10.8. The van der Waals surface area contributed by atoms with E-state index in [0.29, 0.717) is 0 Å². The topological polar surface area (TPSA) is 0 Å². The van der Waals surface area contributed by atoms with Crippen molar-refractivity contribution in [3.05, 3.63) is 60.2 Å². The lowest BCUT2D eigenvalue weighted by atomic mass is 10.1. The fourth-order valence-corrected chi connectivity index (χ4v) is 1.30. The van der Waals surface area contributed by atoms with Crippen LogP contribution in [0.3, 0.4) is 0 Å². The Bertz CT molecular complexity index is 293. The molecule has 14 heavy (non-hydrogen) atoms. The van der Waals surface area contributed by atoms with Crippen LogP contribution >= 0.6 is 0 Å². The fraction of sp³-hybridized carbons (Fsp3) is 0.286. The maximum Gasteiger partial charge on any atom is -0.0144 e. The fourth-order valence-electron chi connectivity index (χ4n) is 1.30. The molecule has 0 heterocycles. The molecule has 0 aliphatic rings. The number of hydrogen-bond acceptors (Lipinski definition) is 0. The molecule has 0 heteroatoms. The van der Waals surface area contributed by atoms with Crippen molar-refractivity contribution >= 4 is 0 Å². The molecule has 0 spiro atoms. The summed E-state index contributed by atoms with van der Waals surface area (Å²) < 4.78 is 0. The van der Waals surface area contributed by atoms with Crippen LogP contribution in [-0.4, -0.2) is 0 Å². The second-order valence-electron chi connectivity index (χ2n) is 3.66. The second kappa shape index (κ2) is 6.20. The van der Waals surface area contributed by atoms with E-state index in [4.69, 9.17) is 0 Å². The van der Waals surface area contributed by atoms with Crippen molar-refractivity contribution in [3.8, 4) is 0 Å². The van der Waals surface area contributed by atoms with E-state index in [-0.39, 0.29) is 0 Å². The van der Waals surface area contributed by atoms with Crippen molar-refractivity contribution in [1.82, 2.24) is 0 Å². The molecule has 0 aliphatic heterocycles. The summed E-state index contributed by atoms with van der Waals surface area (Å²) in [5.74, 6) is 0. The molecule has 0 atom stereocenters. The lowest BCUT2D eigenvalue weighted by Gasteiger charge is -1.96. The van der Waals surface area contributed by atoms with Gasteiger partial charge in [0, 0.05) is 0 Å². The molecule has 0 unspecified atom stereocenters. The molecule has 0 radical (unpaired) electrons. The van der Waals surface area contributed by atoms with Gasteiger partial charge in [-0.15, -0.1) is 0 Å². The van der Waals surface area contributed by atoms with Crippen LogP contribution in [0.2, 0.25) is 0 Å². The van der Waals surface area contributed by atoms with Crippen molar-refractivity contribution in [2.24, 2.45) is 0 Å². The number of hydrogen-bond donors (Lipinski definition) is 0. The molecule has 1 aromatic rings. The highest BCUT2D eigenvalue weighted by Gasteiger charge is 1.87. The minimum Gasteiger partial charge on any atom is -0.0998 e. The Balaban J connectivity index is 2.22. The van der Waals surface area contributed by atoms with E-state index in [2.05, 4.69) is 56.0 Å². The predicted molar refractivity (Wildman–Crippen MR) is 63.3 cm³/mol. The molecule has 0 aliphatic carbocycles. The first-order chi connectivity index (χ1) is 6.79. The Labute approximate surface area is 87.0 Å². The molecule has 74 valence electrons. The van der Waals surface area contributed by atoms with E-state index < -0.39 is 0 Å². The first-order valence-corrected chi connectivity index (χ1v) is 5.12. The molecule has 0 fully saturated rings. The third-order valence-corrected chi connectivity index (χ3v) is 2.08. The normalized spacial score (nSPS) is 10.6. The number of allylic oxidation sites excluding steroid dienone is 3. The summed E-state index contributed by atoms with van der Waals surface area (Å²) in [5, 5.41) is 0. The predicted octanol–water partition coefficient (Wildman–Crippen LogP) is 4.14. The van der Waals surface area contributed by atoms with Gasteiger partial charge in [0.25, 0.3) is 0 Å². The van der Waals surface area contributed by atoms with Crippen LogP contribution in [0.5, 0.6) is 0 Å². The molecule has 0 nitrogen and oxygen atoms in total. The van der Waals surface area contributed by atoms with Crippen LogP contribution in [0, 0.1) is 0 Å². The molecule has 1 aromatic carbocycles. The van der Waals surface area contributed by atoms with E-state index in [1.807, 2.05) is 0 Å². The van der Waals surface area contributed by atoms with E-state index in [1.54, 1.807) is 0 Å². The first-order valence-electron chi connectivity index (χ1n) is 5.12. The van der Waals surface area contributed by atoms with Gasteiger partial charge in [0.05, 0.1) is 0 Å². The van der Waals surface area contributed by atoms with Gasteiger partial charge in [-0.1, -0.05) is 54.6 Å². The highest BCUT2D eigenvalue weighted by atomic mass is 13.9. The summed E-state index contributed by atoms with van der Waals surface area (Å²) in [7, 11) is 0. The monoisotopic (exact) mass is 186 g/mol. The largest absolute Gasteiger partial charge is 0.0998 e. The zero-order chi connectivity index (χ0) is 10.2. The van der Waals surface area contributed by atoms with Gasteiger partial charge < -0.3 is 0 Å². The third-order valence-electron chi connectivity index (χ3n) is 2.08. The van der Waals surface area contributed by atoms with E-state index in [0.717, 1.165) is 19.3 Å².